The largest absolute Gasteiger partial charge is 0.491 e. The predicted molar refractivity (Wildman–Crippen MR) is 98.0 cm³/mol. The third-order valence-corrected chi connectivity index (χ3v) is 4.56. The summed E-state index contributed by atoms with van der Waals surface area (Å²) in [6.07, 6.45) is 2.10. The molecule has 0 radical (unpaired) electrons. The molecule has 132 valence electrons. The Morgan fingerprint density at radius 3 is 2.96 bits per heavy atom. The molecule has 4 nitrogen and oxygen atoms in total. The van der Waals surface area contributed by atoms with E-state index >= 15 is 0 Å². The number of ether oxygens (including phenoxy) is 2. The number of carbonyl (C=O) groups is 1. The highest BCUT2D eigenvalue weighted by atomic mass is 79.9. The Hall–Kier alpha value is -1.63. The van der Waals surface area contributed by atoms with Crippen molar-refractivity contribution in [3.05, 3.63) is 57.3 Å². The summed E-state index contributed by atoms with van der Waals surface area (Å²) in [5.74, 6) is -0.519. The van der Waals surface area contributed by atoms with Crippen molar-refractivity contribution in [3.63, 3.8) is 0 Å². The molecule has 1 fully saturated rings. The number of anilines is 1. The lowest BCUT2D eigenvalue weighted by molar-refractivity contribution is 0.0679. The van der Waals surface area contributed by atoms with Crippen molar-refractivity contribution in [1.29, 1.82) is 0 Å². The second-order valence-electron chi connectivity index (χ2n) is 5.67. The quantitative estimate of drug-likeness (QED) is 0.725. The first-order valence-electron chi connectivity index (χ1n) is 7.83. The molecule has 2 aromatic rings. The average Bonchev–Trinajstić information content (AvgIpc) is 3.10. The molecule has 0 aromatic heterocycles. The maximum absolute atomic E-state index is 14.0. The van der Waals surface area contributed by atoms with Crippen molar-refractivity contribution in [2.75, 3.05) is 18.5 Å². The van der Waals surface area contributed by atoms with Crippen LogP contribution in [0.5, 0.6) is 5.75 Å². The number of halogens is 3. The van der Waals surface area contributed by atoms with Gasteiger partial charge < -0.3 is 14.8 Å². The summed E-state index contributed by atoms with van der Waals surface area (Å²) < 4.78 is 25.7. The minimum Gasteiger partial charge on any atom is -0.491 e. The van der Waals surface area contributed by atoms with Crippen LogP contribution in [0, 0.1) is 5.82 Å². The zero-order valence-corrected chi connectivity index (χ0v) is 15.6. The fraction of sp³-hybridized carbons (Fsp3) is 0.278. The molecule has 7 heteroatoms. The summed E-state index contributed by atoms with van der Waals surface area (Å²) in [7, 11) is 0. The third-order valence-electron chi connectivity index (χ3n) is 3.80. The average molecular weight is 429 g/mol. The lowest BCUT2D eigenvalue weighted by Gasteiger charge is -2.13. The fourth-order valence-corrected chi connectivity index (χ4v) is 3.36. The monoisotopic (exact) mass is 427 g/mol. The molecule has 1 aliphatic heterocycles. The predicted octanol–water partition coefficient (Wildman–Crippen LogP) is 5.05. The van der Waals surface area contributed by atoms with Crippen LogP contribution in [0.15, 0.2) is 40.9 Å². The van der Waals surface area contributed by atoms with Crippen LogP contribution in [0.3, 0.4) is 0 Å². The Kier molecular flexibility index (Phi) is 5.93. The van der Waals surface area contributed by atoms with Crippen LogP contribution in [-0.4, -0.2) is 25.2 Å². The Labute approximate surface area is 158 Å². The standard InChI is InChI=1S/C18H16BrClFNO3/c19-12-8-15(20)17(16(21)9-12)22-18(23)11-3-1-4-13(7-11)25-10-14-5-2-6-24-14/h1,3-4,7-9,14H,2,5-6,10H2,(H,22,23)/t14-/m1/s1. The summed E-state index contributed by atoms with van der Waals surface area (Å²) in [5.41, 5.74) is 0.295. The van der Waals surface area contributed by atoms with Gasteiger partial charge in [0.1, 0.15) is 18.2 Å². The Morgan fingerprint density at radius 2 is 2.24 bits per heavy atom. The SMILES string of the molecule is O=C(Nc1c(F)cc(Br)cc1Cl)c1cccc(OC[C@H]2CCCO2)c1. The molecule has 0 aliphatic carbocycles. The molecule has 1 aliphatic rings. The van der Waals surface area contributed by atoms with E-state index in [1.165, 1.54) is 12.1 Å². The molecule has 0 saturated carbocycles. The van der Waals surface area contributed by atoms with Crippen molar-refractivity contribution >= 4 is 39.1 Å². The van der Waals surface area contributed by atoms with Crippen LogP contribution in [0.2, 0.25) is 5.02 Å². The lowest BCUT2D eigenvalue weighted by Crippen LogP contribution is -2.17. The number of carbonyl (C=O) groups excluding carboxylic acids is 1. The first kappa shape index (κ1) is 18.2. The first-order chi connectivity index (χ1) is 12.0. The van der Waals surface area contributed by atoms with Crippen LogP contribution >= 0.6 is 27.5 Å². The summed E-state index contributed by atoms with van der Waals surface area (Å²) in [4.78, 5) is 12.4. The van der Waals surface area contributed by atoms with E-state index in [0.29, 0.717) is 22.4 Å². The van der Waals surface area contributed by atoms with Gasteiger partial charge in [0, 0.05) is 16.6 Å². The first-order valence-corrected chi connectivity index (χ1v) is 9.00. The van der Waals surface area contributed by atoms with Crippen LogP contribution in [0.4, 0.5) is 10.1 Å². The highest BCUT2D eigenvalue weighted by Crippen LogP contribution is 2.29. The molecular weight excluding hydrogens is 413 g/mol. The summed E-state index contributed by atoms with van der Waals surface area (Å²) >= 11 is 9.15. The zero-order chi connectivity index (χ0) is 17.8. The van der Waals surface area contributed by atoms with Crippen molar-refractivity contribution in [3.8, 4) is 5.75 Å². The zero-order valence-electron chi connectivity index (χ0n) is 13.2. The second-order valence-corrected chi connectivity index (χ2v) is 7.00. The van der Waals surface area contributed by atoms with Gasteiger partial charge in [-0.1, -0.05) is 33.6 Å². The number of amides is 1. The van der Waals surface area contributed by atoms with Gasteiger partial charge in [0.05, 0.1) is 16.8 Å². The smallest absolute Gasteiger partial charge is 0.255 e. The van der Waals surface area contributed by atoms with Crippen LogP contribution in [0.25, 0.3) is 0 Å². The molecule has 0 spiro atoms. The summed E-state index contributed by atoms with van der Waals surface area (Å²) in [6, 6.07) is 9.45. The van der Waals surface area contributed by atoms with Gasteiger partial charge in [-0.05, 0) is 43.2 Å². The molecule has 0 unspecified atom stereocenters. The van der Waals surface area contributed by atoms with E-state index in [1.807, 2.05) is 0 Å². The molecule has 1 heterocycles. The lowest BCUT2D eigenvalue weighted by atomic mass is 10.2. The number of nitrogens with one attached hydrogen (secondary N) is 1. The van der Waals surface area contributed by atoms with E-state index in [2.05, 4.69) is 21.2 Å². The maximum Gasteiger partial charge on any atom is 0.255 e. The van der Waals surface area contributed by atoms with Gasteiger partial charge in [-0.25, -0.2) is 4.39 Å². The highest BCUT2D eigenvalue weighted by molar-refractivity contribution is 9.10. The van der Waals surface area contributed by atoms with Crippen molar-refractivity contribution in [2.45, 2.75) is 18.9 Å². The van der Waals surface area contributed by atoms with Crippen LogP contribution in [-0.2, 0) is 4.74 Å². The minimum atomic E-state index is -0.612. The number of rotatable bonds is 5. The molecule has 1 amide bonds. The van der Waals surface area contributed by atoms with Gasteiger partial charge in [-0.15, -0.1) is 0 Å². The van der Waals surface area contributed by atoms with E-state index in [-0.39, 0.29) is 16.8 Å². The molecule has 1 saturated heterocycles. The molecule has 3 rings (SSSR count). The highest BCUT2D eigenvalue weighted by Gasteiger charge is 2.17. The second kappa shape index (κ2) is 8.17. The van der Waals surface area contributed by atoms with Crippen LogP contribution in [0.1, 0.15) is 23.2 Å². The summed E-state index contributed by atoms with van der Waals surface area (Å²) in [6.45, 7) is 1.20. The molecule has 1 N–H and O–H groups in total. The van der Waals surface area contributed by atoms with E-state index in [0.717, 1.165) is 19.4 Å². The number of benzene rings is 2. The van der Waals surface area contributed by atoms with Crippen molar-refractivity contribution in [2.24, 2.45) is 0 Å². The topological polar surface area (TPSA) is 47.6 Å². The van der Waals surface area contributed by atoms with Gasteiger partial charge in [-0.3, -0.25) is 4.79 Å². The van der Waals surface area contributed by atoms with Gasteiger partial charge in [0.15, 0.2) is 0 Å². The molecule has 2 aromatic carbocycles. The van der Waals surface area contributed by atoms with Crippen LogP contribution < -0.4 is 10.1 Å². The number of hydrogen-bond acceptors (Lipinski definition) is 3. The Morgan fingerprint density at radius 1 is 1.40 bits per heavy atom. The number of hydrogen-bond donors (Lipinski definition) is 1. The fourth-order valence-electron chi connectivity index (χ4n) is 2.54. The normalized spacial score (nSPS) is 16.7. The van der Waals surface area contributed by atoms with Gasteiger partial charge in [0.2, 0.25) is 0 Å². The van der Waals surface area contributed by atoms with Gasteiger partial charge >= 0.3 is 0 Å². The molecular formula is C18H16BrClFNO3. The molecule has 25 heavy (non-hydrogen) atoms. The van der Waals surface area contributed by atoms with E-state index < -0.39 is 11.7 Å². The Bertz CT molecular complexity index is 758. The van der Waals surface area contributed by atoms with E-state index in [4.69, 9.17) is 21.1 Å². The van der Waals surface area contributed by atoms with Crippen molar-refractivity contribution in [1.82, 2.24) is 0 Å². The van der Waals surface area contributed by atoms with E-state index in [9.17, 15) is 9.18 Å². The van der Waals surface area contributed by atoms with E-state index in [1.54, 1.807) is 24.3 Å². The van der Waals surface area contributed by atoms with Gasteiger partial charge in [-0.2, -0.15) is 0 Å². The Balaban J connectivity index is 1.69. The summed E-state index contributed by atoms with van der Waals surface area (Å²) in [5, 5.41) is 2.62. The van der Waals surface area contributed by atoms with Gasteiger partial charge in [0.25, 0.3) is 5.91 Å². The molecule has 0 bridgehead atoms. The third kappa shape index (κ3) is 4.71. The van der Waals surface area contributed by atoms with Crippen molar-refractivity contribution < 1.29 is 18.7 Å². The minimum absolute atomic E-state index is 0.0551. The molecule has 1 atom stereocenters. The maximum atomic E-state index is 14.0.